The Morgan fingerprint density at radius 1 is 1.32 bits per heavy atom. The Labute approximate surface area is 111 Å². The van der Waals surface area contributed by atoms with Crippen molar-refractivity contribution in [1.29, 1.82) is 0 Å². The summed E-state index contributed by atoms with van der Waals surface area (Å²) < 4.78 is 0. The number of fused-ring (bicyclic) bond motifs is 1. The average Bonchev–Trinajstić information content (AvgIpc) is 2.46. The Morgan fingerprint density at radius 3 is 3.05 bits per heavy atom. The molecular weight excluding hydrogens is 240 g/mol. The van der Waals surface area contributed by atoms with Crippen LogP contribution in [0.2, 0.25) is 0 Å². The van der Waals surface area contributed by atoms with Crippen LogP contribution in [-0.2, 0) is 0 Å². The Morgan fingerprint density at radius 2 is 2.21 bits per heavy atom. The zero-order chi connectivity index (χ0) is 13.2. The third-order valence-corrected chi connectivity index (χ3v) is 3.56. The molecule has 1 fully saturated rings. The molecule has 1 aliphatic rings. The molecule has 1 aromatic carbocycles. The van der Waals surface area contributed by atoms with Crippen LogP contribution >= 0.6 is 0 Å². The zero-order valence-electron chi connectivity index (χ0n) is 10.6. The molecule has 0 saturated carbocycles. The number of β-amino-alcohol motifs (C(OH)–C–C–N with tert-alkyl or cyclic N) is 1. The van der Waals surface area contributed by atoms with E-state index in [1.165, 1.54) is 0 Å². The van der Waals surface area contributed by atoms with E-state index in [2.05, 4.69) is 4.98 Å². The lowest BCUT2D eigenvalue weighted by molar-refractivity contribution is 0.0475. The summed E-state index contributed by atoms with van der Waals surface area (Å²) in [6, 6.07) is 9.33. The first kappa shape index (κ1) is 12.1. The monoisotopic (exact) mass is 256 g/mol. The summed E-state index contributed by atoms with van der Waals surface area (Å²) in [7, 11) is 0. The van der Waals surface area contributed by atoms with E-state index in [0.717, 1.165) is 23.7 Å². The number of hydrogen-bond donors (Lipinski definition) is 1. The lowest BCUT2D eigenvalue weighted by atomic mass is 10.0. The third-order valence-electron chi connectivity index (χ3n) is 3.56. The number of likely N-dealkylation sites (tertiary alicyclic amines) is 1. The highest BCUT2D eigenvalue weighted by Crippen LogP contribution is 2.20. The van der Waals surface area contributed by atoms with Crippen molar-refractivity contribution >= 4 is 16.8 Å². The number of rotatable bonds is 1. The number of aliphatic hydroxyl groups excluding tert-OH is 1. The smallest absolute Gasteiger partial charge is 0.254 e. The fourth-order valence-electron chi connectivity index (χ4n) is 2.60. The van der Waals surface area contributed by atoms with Gasteiger partial charge < -0.3 is 10.0 Å². The maximum atomic E-state index is 12.5. The van der Waals surface area contributed by atoms with Crippen LogP contribution in [0.1, 0.15) is 23.2 Å². The number of hydrogen-bond acceptors (Lipinski definition) is 3. The number of carbonyl (C=O) groups excluding carboxylic acids is 1. The van der Waals surface area contributed by atoms with Gasteiger partial charge in [0.15, 0.2) is 0 Å². The Bertz CT molecular complexity index is 607. The summed E-state index contributed by atoms with van der Waals surface area (Å²) >= 11 is 0. The molecule has 2 heterocycles. The fourth-order valence-corrected chi connectivity index (χ4v) is 2.60. The van der Waals surface area contributed by atoms with E-state index in [4.69, 9.17) is 0 Å². The van der Waals surface area contributed by atoms with Crippen molar-refractivity contribution in [1.82, 2.24) is 9.88 Å². The van der Waals surface area contributed by atoms with E-state index < -0.39 is 6.10 Å². The van der Waals surface area contributed by atoms with Gasteiger partial charge in [-0.05, 0) is 31.0 Å². The topological polar surface area (TPSA) is 53.4 Å². The van der Waals surface area contributed by atoms with Crippen LogP contribution in [0.25, 0.3) is 10.9 Å². The summed E-state index contributed by atoms with van der Waals surface area (Å²) in [5.41, 5.74) is 1.49. The van der Waals surface area contributed by atoms with Crippen LogP contribution < -0.4 is 0 Å². The van der Waals surface area contributed by atoms with Gasteiger partial charge in [0.05, 0.1) is 11.6 Å². The van der Waals surface area contributed by atoms with Crippen LogP contribution in [-0.4, -0.2) is 40.1 Å². The molecule has 0 spiro atoms. The second-order valence-corrected chi connectivity index (χ2v) is 4.92. The maximum Gasteiger partial charge on any atom is 0.254 e. The predicted octanol–water partition coefficient (Wildman–Crippen LogP) is 1.83. The molecule has 0 aliphatic carbocycles. The van der Waals surface area contributed by atoms with Crippen molar-refractivity contribution in [3.63, 3.8) is 0 Å². The molecule has 0 bridgehead atoms. The highest BCUT2D eigenvalue weighted by molar-refractivity contribution is 6.06. The minimum Gasteiger partial charge on any atom is -0.391 e. The van der Waals surface area contributed by atoms with E-state index in [9.17, 15) is 9.90 Å². The molecule has 4 nitrogen and oxygen atoms in total. The number of aromatic nitrogens is 1. The van der Waals surface area contributed by atoms with E-state index in [-0.39, 0.29) is 5.91 Å². The first-order chi connectivity index (χ1) is 9.25. The van der Waals surface area contributed by atoms with Gasteiger partial charge in [0.1, 0.15) is 0 Å². The summed E-state index contributed by atoms with van der Waals surface area (Å²) in [6.07, 6.45) is 2.96. The Kier molecular flexibility index (Phi) is 3.17. The first-order valence-corrected chi connectivity index (χ1v) is 6.57. The van der Waals surface area contributed by atoms with E-state index >= 15 is 0 Å². The SMILES string of the molecule is O=C(c1cccc2ncccc12)N1CCCC(O)C1. The van der Waals surface area contributed by atoms with Gasteiger partial charge in [0, 0.05) is 30.2 Å². The first-order valence-electron chi connectivity index (χ1n) is 6.57. The molecule has 0 radical (unpaired) electrons. The summed E-state index contributed by atoms with van der Waals surface area (Å²) in [6.45, 7) is 1.14. The van der Waals surface area contributed by atoms with Gasteiger partial charge in [0.25, 0.3) is 5.91 Å². The predicted molar refractivity (Wildman–Crippen MR) is 72.9 cm³/mol. The number of amides is 1. The molecule has 1 N–H and O–H groups in total. The van der Waals surface area contributed by atoms with Crippen LogP contribution in [0.5, 0.6) is 0 Å². The average molecular weight is 256 g/mol. The number of benzene rings is 1. The second-order valence-electron chi connectivity index (χ2n) is 4.92. The van der Waals surface area contributed by atoms with Crippen LogP contribution in [0.15, 0.2) is 36.5 Å². The van der Waals surface area contributed by atoms with Gasteiger partial charge in [-0.15, -0.1) is 0 Å². The van der Waals surface area contributed by atoms with Crippen molar-refractivity contribution in [2.24, 2.45) is 0 Å². The number of carbonyl (C=O) groups is 1. The van der Waals surface area contributed by atoms with Crippen molar-refractivity contribution in [3.05, 3.63) is 42.1 Å². The molecule has 1 saturated heterocycles. The lowest BCUT2D eigenvalue weighted by Crippen LogP contribution is -2.42. The van der Waals surface area contributed by atoms with Gasteiger partial charge >= 0.3 is 0 Å². The van der Waals surface area contributed by atoms with Gasteiger partial charge in [-0.1, -0.05) is 12.1 Å². The van der Waals surface area contributed by atoms with Crippen molar-refractivity contribution in [2.45, 2.75) is 18.9 Å². The van der Waals surface area contributed by atoms with Crippen LogP contribution in [0.3, 0.4) is 0 Å². The van der Waals surface area contributed by atoms with Crippen LogP contribution in [0, 0.1) is 0 Å². The van der Waals surface area contributed by atoms with Gasteiger partial charge in [-0.2, -0.15) is 0 Å². The van der Waals surface area contributed by atoms with Gasteiger partial charge in [-0.25, -0.2) is 0 Å². The summed E-state index contributed by atoms with van der Waals surface area (Å²) in [4.78, 5) is 18.5. The number of nitrogens with zero attached hydrogens (tertiary/aromatic N) is 2. The molecule has 4 heteroatoms. The second kappa shape index (κ2) is 4.97. The van der Waals surface area contributed by atoms with E-state index in [1.54, 1.807) is 11.1 Å². The van der Waals surface area contributed by atoms with Crippen molar-refractivity contribution in [3.8, 4) is 0 Å². The molecular formula is C15H16N2O2. The normalized spacial score (nSPS) is 19.6. The number of piperidine rings is 1. The molecule has 1 atom stereocenters. The highest BCUT2D eigenvalue weighted by Gasteiger charge is 2.24. The van der Waals surface area contributed by atoms with Crippen LogP contribution in [0.4, 0.5) is 0 Å². The summed E-state index contributed by atoms with van der Waals surface area (Å²) in [5.74, 6) is -0.0163. The molecule has 1 amide bonds. The molecule has 2 aromatic rings. The minimum absolute atomic E-state index is 0.0163. The zero-order valence-corrected chi connectivity index (χ0v) is 10.6. The number of aliphatic hydroxyl groups is 1. The Hall–Kier alpha value is -1.94. The maximum absolute atomic E-state index is 12.5. The minimum atomic E-state index is -0.397. The standard InChI is InChI=1S/C15H16N2O2/c18-11-4-3-9-17(10-11)15(19)13-5-1-7-14-12(13)6-2-8-16-14/h1-2,5-8,11,18H,3-4,9-10H2. The number of pyridine rings is 1. The fraction of sp³-hybridized carbons (Fsp3) is 0.333. The molecule has 1 aliphatic heterocycles. The van der Waals surface area contributed by atoms with E-state index in [1.807, 2.05) is 30.3 Å². The lowest BCUT2D eigenvalue weighted by Gasteiger charge is -2.30. The third kappa shape index (κ3) is 2.31. The molecule has 1 aromatic heterocycles. The quantitative estimate of drug-likeness (QED) is 0.847. The largest absolute Gasteiger partial charge is 0.391 e. The highest BCUT2D eigenvalue weighted by atomic mass is 16.3. The summed E-state index contributed by atoms with van der Waals surface area (Å²) in [5, 5.41) is 10.6. The van der Waals surface area contributed by atoms with Crippen molar-refractivity contribution in [2.75, 3.05) is 13.1 Å². The van der Waals surface area contributed by atoms with E-state index in [0.29, 0.717) is 18.7 Å². The molecule has 98 valence electrons. The van der Waals surface area contributed by atoms with Gasteiger partial charge in [0.2, 0.25) is 0 Å². The molecule has 1 unspecified atom stereocenters. The molecule has 3 rings (SSSR count). The van der Waals surface area contributed by atoms with Crippen molar-refractivity contribution < 1.29 is 9.90 Å². The molecule has 19 heavy (non-hydrogen) atoms. The Balaban J connectivity index is 1.97. The van der Waals surface area contributed by atoms with Gasteiger partial charge in [-0.3, -0.25) is 9.78 Å².